The first-order valence-corrected chi connectivity index (χ1v) is 8.64. The van der Waals surface area contributed by atoms with Crippen LogP contribution in [0.3, 0.4) is 0 Å². The van der Waals surface area contributed by atoms with Crippen LogP contribution in [0.5, 0.6) is 0 Å². The first kappa shape index (κ1) is 22.8. The minimum atomic E-state index is -0.0653. The van der Waals surface area contributed by atoms with E-state index in [4.69, 9.17) is 0 Å². The topological polar surface area (TPSA) is 118 Å². The maximum atomic E-state index is 10.3. The summed E-state index contributed by atoms with van der Waals surface area (Å²) in [5, 5.41) is 0. The van der Waals surface area contributed by atoms with Crippen molar-refractivity contribution in [2.75, 3.05) is 6.54 Å². The molecule has 1 aliphatic rings. The molecule has 0 aliphatic heterocycles. The quantitative estimate of drug-likeness (QED) is 0.567. The molecular weight excluding hydrogens is 360 g/mol. The lowest BCUT2D eigenvalue weighted by Crippen LogP contribution is -2.39. The maximum Gasteiger partial charge on any atom is 0.240 e. The van der Waals surface area contributed by atoms with Gasteiger partial charge >= 0.3 is 0 Å². The maximum absolute atomic E-state index is 10.3. The molecule has 28 heavy (non-hydrogen) atoms. The smallest absolute Gasteiger partial charge is 0.211 e. The molecule has 0 N–H and O–H groups in total. The van der Waals surface area contributed by atoms with Gasteiger partial charge in [0, 0.05) is 0 Å². The van der Waals surface area contributed by atoms with E-state index in [0.29, 0.717) is 17.9 Å². The largest absolute Gasteiger partial charge is 0.240 e. The highest BCUT2D eigenvalue weighted by molar-refractivity contribution is 5.55. The Balaban J connectivity index is 0.000000292. The lowest BCUT2D eigenvalue weighted by Gasteiger charge is -2.44. The van der Waals surface area contributed by atoms with Gasteiger partial charge in [0.2, 0.25) is 24.3 Å². The van der Waals surface area contributed by atoms with Crippen molar-refractivity contribution in [1.82, 2.24) is 0 Å². The highest BCUT2D eigenvalue weighted by atomic mass is 16.1. The van der Waals surface area contributed by atoms with Gasteiger partial charge in [-0.05, 0) is 54.4 Å². The highest BCUT2D eigenvalue weighted by Crippen LogP contribution is 2.47. The van der Waals surface area contributed by atoms with Crippen LogP contribution < -0.4 is 0 Å². The first-order valence-electron chi connectivity index (χ1n) is 8.64. The summed E-state index contributed by atoms with van der Waals surface area (Å²) in [5.41, 5.74) is 1.02. The number of aliphatic imine (C=N–C) groups is 4. The fourth-order valence-corrected chi connectivity index (χ4v) is 3.80. The summed E-state index contributed by atoms with van der Waals surface area (Å²) in [7, 11) is 0. The Morgan fingerprint density at radius 2 is 1.39 bits per heavy atom. The Bertz CT molecular complexity index is 818. The lowest BCUT2D eigenvalue weighted by molar-refractivity contribution is 0.0915. The van der Waals surface area contributed by atoms with Crippen LogP contribution in [0.1, 0.15) is 40.0 Å². The molecule has 0 heterocycles. The standard InChI is InChI=1S/C12H18N2O2.C8H4N2O2/c1-11(2)4-10(14-9-16)5-12(3,6-11)7-13-8-15;11-5-9-7-1-2-8(4-3-7)10-6-12/h10H,4-7H2,1-3H3;1-4H. The molecule has 2 rings (SSSR count). The molecule has 0 spiro atoms. The molecule has 1 aromatic carbocycles. The molecule has 0 bridgehead atoms. The molecule has 0 amide bonds. The van der Waals surface area contributed by atoms with E-state index in [-0.39, 0.29) is 16.9 Å². The third-order valence-electron chi connectivity index (χ3n) is 4.38. The molecular formula is C20H22N4O4. The Kier molecular flexibility index (Phi) is 8.77. The van der Waals surface area contributed by atoms with Crippen LogP contribution in [-0.4, -0.2) is 36.9 Å². The van der Waals surface area contributed by atoms with E-state index >= 15 is 0 Å². The van der Waals surface area contributed by atoms with Gasteiger partial charge in [-0.3, -0.25) is 0 Å². The summed E-state index contributed by atoms with van der Waals surface area (Å²) < 4.78 is 0. The van der Waals surface area contributed by atoms with Crippen molar-refractivity contribution in [3.8, 4) is 0 Å². The summed E-state index contributed by atoms with van der Waals surface area (Å²) in [5.74, 6) is 0. The molecule has 2 atom stereocenters. The molecule has 2 unspecified atom stereocenters. The monoisotopic (exact) mass is 382 g/mol. The molecule has 1 saturated carbocycles. The van der Waals surface area contributed by atoms with Crippen LogP contribution in [0.25, 0.3) is 0 Å². The van der Waals surface area contributed by atoms with E-state index in [9.17, 15) is 19.2 Å². The number of benzene rings is 1. The average molecular weight is 382 g/mol. The number of nitrogens with zero attached hydrogens (tertiary/aromatic N) is 4. The molecule has 0 radical (unpaired) electrons. The zero-order valence-electron chi connectivity index (χ0n) is 16.1. The van der Waals surface area contributed by atoms with Crippen molar-refractivity contribution in [3.63, 3.8) is 0 Å². The fraction of sp³-hybridized carbons (Fsp3) is 0.500. The first-order chi connectivity index (χ1) is 13.3. The summed E-state index contributed by atoms with van der Waals surface area (Å²) in [4.78, 5) is 54.4. The lowest BCUT2D eigenvalue weighted by atomic mass is 9.63. The number of isocyanates is 4. The Morgan fingerprint density at radius 1 is 0.857 bits per heavy atom. The van der Waals surface area contributed by atoms with Gasteiger partial charge in [-0.1, -0.05) is 20.8 Å². The van der Waals surface area contributed by atoms with Crippen molar-refractivity contribution < 1.29 is 19.2 Å². The number of carbonyl (C=O) groups excluding carboxylic acids is 4. The predicted molar refractivity (Wildman–Crippen MR) is 103 cm³/mol. The average Bonchev–Trinajstić information content (AvgIpc) is 2.61. The van der Waals surface area contributed by atoms with Crippen LogP contribution in [-0.2, 0) is 19.2 Å². The van der Waals surface area contributed by atoms with Gasteiger partial charge in [0.15, 0.2) is 0 Å². The van der Waals surface area contributed by atoms with Gasteiger partial charge in [0.25, 0.3) is 0 Å². The molecule has 1 aromatic rings. The number of hydrogen-bond acceptors (Lipinski definition) is 8. The van der Waals surface area contributed by atoms with E-state index < -0.39 is 0 Å². The third-order valence-corrected chi connectivity index (χ3v) is 4.38. The van der Waals surface area contributed by atoms with Gasteiger partial charge in [-0.2, -0.15) is 9.98 Å². The highest BCUT2D eigenvalue weighted by Gasteiger charge is 2.41. The Hall–Kier alpha value is -3.26. The second-order valence-electron chi connectivity index (χ2n) is 7.76. The van der Waals surface area contributed by atoms with E-state index in [2.05, 4.69) is 40.7 Å². The van der Waals surface area contributed by atoms with Gasteiger partial charge in [-0.15, -0.1) is 0 Å². The summed E-state index contributed by atoms with van der Waals surface area (Å²) in [6.45, 7) is 6.86. The molecule has 1 aliphatic carbocycles. The van der Waals surface area contributed by atoms with Crippen LogP contribution in [0, 0.1) is 10.8 Å². The van der Waals surface area contributed by atoms with E-state index in [1.54, 1.807) is 36.4 Å². The van der Waals surface area contributed by atoms with Crippen molar-refractivity contribution in [2.24, 2.45) is 30.8 Å². The summed E-state index contributed by atoms with van der Waals surface area (Å²) in [6, 6.07) is 6.23. The zero-order chi connectivity index (χ0) is 21.0. The van der Waals surface area contributed by atoms with Gasteiger partial charge < -0.3 is 0 Å². The van der Waals surface area contributed by atoms with Crippen molar-refractivity contribution in [3.05, 3.63) is 24.3 Å². The normalized spacial score (nSPS) is 21.9. The Labute approximate surface area is 163 Å². The summed E-state index contributed by atoms with van der Waals surface area (Å²) in [6.07, 6.45) is 8.68. The predicted octanol–water partition coefficient (Wildman–Crippen LogP) is 3.86. The van der Waals surface area contributed by atoms with Crippen molar-refractivity contribution >= 4 is 35.7 Å². The van der Waals surface area contributed by atoms with E-state index in [1.807, 2.05) is 0 Å². The molecule has 0 aromatic heterocycles. The zero-order valence-corrected chi connectivity index (χ0v) is 16.1. The number of hydrogen-bond donors (Lipinski definition) is 0. The second kappa shape index (κ2) is 10.8. The van der Waals surface area contributed by atoms with E-state index in [1.165, 1.54) is 12.2 Å². The minimum Gasteiger partial charge on any atom is -0.211 e. The van der Waals surface area contributed by atoms with E-state index in [0.717, 1.165) is 19.3 Å². The third kappa shape index (κ3) is 7.96. The fourth-order valence-electron chi connectivity index (χ4n) is 3.80. The summed E-state index contributed by atoms with van der Waals surface area (Å²) >= 11 is 0. The SMILES string of the molecule is CC1(C)CC(N=C=O)CC(C)(CN=C=O)C1.O=C=Nc1ccc(N=C=O)cc1. The molecule has 0 saturated heterocycles. The van der Waals surface area contributed by atoms with Crippen molar-refractivity contribution in [1.29, 1.82) is 0 Å². The van der Waals surface area contributed by atoms with Gasteiger partial charge in [-0.25, -0.2) is 29.2 Å². The Morgan fingerprint density at radius 3 is 1.82 bits per heavy atom. The van der Waals surface area contributed by atoms with Crippen LogP contribution in [0.15, 0.2) is 44.2 Å². The van der Waals surface area contributed by atoms with Crippen LogP contribution >= 0.6 is 0 Å². The van der Waals surface area contributed by atoms with Crippen LogP contribution in [0.2, 0.25) is 0 Å². The minimum absolute atomic E-state index is 0.00750. The van der Waals surface area contributed by atoms with Crippen molar-refractivity contribution in [2.45, 2.75) is 46.1 Å². The van der Waals surface area contributed by atoms with Gasteiger partial charge in [0.05, 0.1) is 24.0 Å². The molecule has 8 heteroatoms. The van der Waals surface area contributed by atoms with Crippen LogP contribution in [0.4, 0.5) is 11.4 Å². The second-order valence-corrected chi connectivity index (χ2v) is 7.76. The molecule has 1 fully saturated rings. The van der Waals surface area contributed by atoms with Gasteiger partial charge in [0.1, 0.15) is 0 Å². The molecule has 146 valence electrons. The molecule has 8 nitrogen and oxygen atoms in total. The number of rotatable bonds is 5.